The molecule has 0 aliphatic carbocycles. The lowest BCUT2D eigenvalue weighted by Gasteiger charge is -2.12. The molecule has 2 rings (SSSR count). The first kappa shape index (κ1) is 16.7. The molecule has 2 N–H and O–H groups in total. The van der Waals surface area contributed by atoms with E-state index < -0.39 is 5.97 Å². The highest BCUT2D eigenvalue weighted by molar-refractivity contribution is 5.91. The Hall–Kier alpha value is -2.63. The van der Waals surface area contributed by atoms with Gasteiger partial charge in [-0.3, -0.25) is 0 Å². The van der Waals surface area contributed by atoms with Gasteiger partial charge in [0.15, 0.2) is 11.5 Å². The summed E-state index contributed by atoms with van der Waals surface area (Å²) in [6.07, 6.45) is 2.81. The molecule has 0 radical (unpaired) electrons. The quantitative estimate of drug-likeness (QED) is 0.651. The van der Waals surface area contributed by atoms with Crippen LogP contribution in [-0.2, 0) is 4.74 Å². The van der Waals surface area contributed by atoms with E-state index in [0.717, 1.165) is 5.75 Å². The second-order valence-corrected chi connectivity index (χ2v) is 5.45. The van der Waals surface area contributed by atoms with Crippen molar-refractivity contribution in [1.29, 1.82) is 0 Å². The lowest BCUT2D eigenvalue weighted by atomic mass is 9.98. The van der Waals surface area contributed by atoms with Gasteiger partial charge in [0.25, 0.3) is 0 Å². The van der Waals surface area contributed by atoms with E-state index in [-0.39, 0.29) is 24.7 Å². The number of nitrogens with two attached hydrogens (primary N) is 1. The average molecular weight is 315 g/mol. The van der Waals surface area contributed by atoms with Crippen LogP contribution in [0.5, 0.6) is 5.75 Å². The summed E-state index contributed by atoms with van der Waals surface area (Å²) in [5.41, 5.74) is 8.06. The Kier molecular flexibility index (Phi) is 5.51. The van der Waals surface area contributed by atoms with Gasteiger partial charge in [-0.2, -0.15) is 0 Å². The second kappa shape index (κ2) is 7.58. The molecule has 0 fully saturated rings. The molecule has 0 saturated carbocycles. The molecule has 1 aromatic carbocycles. The zero-order valence-corrected chi connectivity index (χ0v) is 13.6. The highest BCUT2D eigenvalue weighted by atomic mass is 16.6. The number of benzene rings is 1. The Balaban J connectivity index is 1.83. The fourth-order valence-corrected chi connectivity index (χ4v) is 2.25. The smallest absolute Gasteiger partial charge is 0.360 e. The van der Waals surface area contributed by atoms with Crippen molar-refractivity contribution in [2.24, 2.45) is 0 Å². The van der Waals surface area contributed by atoms with Crippen molar-refractivity contribution in [3.63, 3.8) is 0 Å². The number of esters is 1. The third kappa shape index (κ3) is 4.42. The number of nitrogen functional groups attached to an aromatic ring is 1. The maximum atomic E-state index is 11.8. The van der Waals surface area contributed by atoms with Crippen LogP contribution in [-0.4, -0.2) is 29.2 Å². The number of ether oxygens (including phenoxy) is 2. The van der Waals surface area contributed by atoms with Crippen LogP contribution in [0.1, 0.15) is 41.4 Å². The molecule has 0 unspecified atom stereocenters. The molecule has 0 bridgehead atoms. The Morgan fingerprint density at radius 3 is 2.61 bits per heavy atom. The van der Waals surface area contributed by atoms with Crippen LogP contribution in [0.4, 0.5) is 5.82 Å². The van der Waals surface area contributed by atoms with E-state index in [0.29, 0.717) is 5.92 Å². The lowest BCUT2D eigenvalue weighted by molar-refractivity contribution is 0.0444. The summed E-state index contributed by atoms with van der Waals surface area (Å²) in [5.74, 6) is 0.674. The first-order chi connectivity index (χ1) is 11.0. The van der Waals surface area contributed by atoms with Gasteiger partial charge >= 0.3 is 5.97 Å². The van der Waals surface area contributed by atoms with Gasteiger partial charge in [-0.15, -0.1) is 0 Å². The van der Waals surface area contributed by atoms with Crippen LogP contribution in [0.25, 0.3) is 0 Å². The first-order valence-corrected chi connectivity index (χ1v) is 7.46. The number of carbonyl (C=O) groups is 1. The van der Waals surface area contributed by atoms with Gasteiger partial charge in [-0.05, 0) is 36.1 Å². The van der Waals surface area contributed by atoms with Crippen LogP contribution < -0.4 is 10.5 Å². The zero-order valence-electron chi connectivity index (χ0n) is 13.6. The summed E-state index contributed by atoms with van der Waals surface area (Å²) < 4.78 is 10.7. The van der Waals surface area contributed by atoms with E-state index in [1.807, 2.05) is 12.1 Å². The van der Waals surface area contributed by atoms with Gasteiger partial charge in [-0.1, -0.05) is 19.9 Å². The number of nitrogens with zero attached hydrogens (tertiary/aromatic N) is 2. The monoisotopic (exact) mass is 315 g/mol. The van der Waals surface area contributed by atoms with Crippen molar-refractivity contribution >= 4 is 11.8 Å². The third-order valence-electron chi connectivity index (χ3n) is 3.37. The van der Waals surface area contributed by atoms with Crippen molar-refractivity contribution in [3.05, 3.63) is 47.4 Å². The number of aryl methyl sites for hydroxylation is 1. The number of hydrogen-bond acceptors (Lipinski definition) is 6. The van der Waals surface area contributed by atoms with E-state index in [2.05, 4.69) is 36.8 Å². The maximum absolute atomic E-state index is 11.8. The van der Waals surface area contributed by atoms with Gasteiger partial charge in [0, 0.05) is 12.4 Å². The van der Waals surface area contributed by atoms with Crippen LogP contribution in [0.2, 0.25) is 0 Å². The zero-order chi connectivity index (χ0) is 16.8. The molecule has 0 amide bonds. The van der Waals surface area contributed by atoms with E-state index in [4.69, 9.17) is 15.2 Å². The predicted octanol–water partition coefficient (Wildman–Crippen LogP) is 2.73. The molecule has 0 aliphatic heterocycles. The number of anilines is 1. The minimum absolute atomic E-state index is 0.0182. The summed E-state index contributed by atoms with van der Waals surface area (Å²) in [4.78, 5) is 19.4. The average Bonchev–Trinajstić information content (AvgIpc) is 2.51. The number of hydrogen-bond donors (Lipinski definition) is 1. The molecule has 23 heavy (non-hydrogen) atoms. The predicted molar refractivity (Wildman–Crippen MR) is 87.5 cm³/mol. The molecule has 6 nitrogen and oxygen atoms in total. The molecule has 0 spiro atoms. The first-order valence-electron chi connectivity index (χ1n) is 7.46. The molecule has 0 atom stereocenters. The molecular weight excluding hydrogens is 294 g/mol. The highest BCUT2D eigenvalue weighted by Crippen LogP contribution is 2.23. The molecule has 6 heteroatoms. The van der Waals surface area contributed by atoms with Gasteiger partial charge in [0.2, 0.25) is 0 Å². The summed E-state index contributed by atoms with van der Waals surface area (Å²) in [5, 5.41) is 0. The van der Waals surface area contributed by atoms with Gasteiger partial charge in [0.05, 0.1) is 0 Å². The largest absolute Gasteiger partial charge is 0.490 e. The highest BCUT2D eigenvalue weighted by Gasteiger charge is 2.13. The van der Waals surface area contributed by atoms with E-state index in [1.54, 1.807) is 0 Å². The van der Waals surface area contributed by atoms with E-state index in [1.165, 1.54) is 23.5 Å². The Morgan fingerprint density at radius 1 is 1.22 bits per heavy atom. The van der Waals surface area contributed by atoms with Crippen LogP contribution >= 0.6 is 0 Å². The Morgan fingerprint density at radius 2 is 1.96 bits per heavy atom. The molecule has 0 aliphatic rings. The number of aromatic nitrogens is 2. The summed E-state index contributed by atoms with van der Waals surface area (Å²) >= 11 is 0. The topological polar surface area (TPSA) is 87.3 Å². The Labute approximate surface area is 135 Å². The van der Waals surface area contributed by atoms with Crippen LogP contribution in [0.15, 0.2) is 30.6 Å². The number of rotatable bonds is 6. The minimum atomic E-state index is -0.606. The van der Waals surface area contributed by atoms with E-state index in [9.17, 15) is 4.79 Å². The molecule has 122 valence electrons. The van der Waals surface area contributed by atoms with Crippen LogP contribution in [0, 0.1) is 6.92 Å². The van der Waals surface area contributed by atoms with Crippen molar-refractivity contribution in [3.8, 4) is 5.75 Å². The molecule has 1 aromatic heterocycles. The number of carbonyl (C=O) groups excluding carboxylic acids is 1. The van der Waals surface area contributed by atoms with Gasteiger partial charge in [-0.25, -0.2) is 14.8 Å². The summed E-state index contributed by atoms with van der Waals surface area (Å²) in [6, 6.07) is 5.96. The molecule has 0 saturated heterocycles. The SMILES string of the molecule is Cc1cc(OCCOC(=O)c2nccnc2N)ccc1C(C)C. The van der Waals surface area contributed by atoms with Gasteiger partial charge in [0.1, 0.15) is 19.0 Å². The molecular formula is C17H21N3O3. The fraction of sp³-hybridized carbons (Fsp3) is 0.353. The minimum Gasteiger partial charge on any atom is -0.490 e. The maximum Gasteiger partial charge on any atom is 0.360 e. The standard InChI is InChI=1S/C17H21N3O3/c1-11(2)14-5-4-13(10-12(14)3)22-8-9-23-17(21)15-16(18)20-7-6-19-15/h4-7,10-11H,8-9H2,1-3H3,(H2,18,20). The van der Waals surface area contributed by atoms with Gasteiger partial charge < -0.3 is 15.2 Å². The fourth-order valence-electron chi connectivity index (χ4n) is 2.25. The van der Waals surface area contributed by atoms with Crippen molar-refractivity contribution in [1.82, 2.24) is 9.97 Å². The van der Waals surface area contributed by atoms with Crippen molar-refractivity contribution in [2.75, 3.05) is 18.9 Å². The normalized spacial score (nSPS) is 10.6. The van der Waals surface area contributed by atoms with Crippen molar-refractivity contribution in [2.45, 2.75) is 26.7 Å². The summed E-state index contributed by atoms with van der Waals surface area (Å²) in [7, 11) is 0. The van der Waals surface area contributed by atoms with Crippen LogP contribution in [0.3, 0.4) is 0 Å². The molecule has 1 heterocycles. The Bertz CT molecular complexity index is 687. The third-order valence-corrected chi connectivity index (χ3v) is 3.37. The molecule has 2 aromatic rings. The lowest BCUT2D eigenvalue weighted by Crippen LogP contribution is -2.15. The second-order valence-electron chi connectivity index (χ2n) is 5.45. The van der Waals surface area contributed by atoms with Crippen molar-refractivity contribution < 1.29 is 14.3 Å². The summed E-state index contributed by atoms with van der Waals surface area (Å²) in [6.45, 7) is 6.73. The van der Waals surface area contributed by atoms with E-state index >= 15 is 0 Å².